The summed E-state index contributed by atoms with van der Waals surface area (Å²) >= 11 is 0. The van der Waals surface area contributed by atoms with Gasteiger partial charge in [0.1, 0.15) is 0 Å². The quantitative estimate of drug-likeness (QED) is 0.564. The monoisotopic (exact) mass is 342 g/mol. The van der Waals surface area contributed by atoms with Crippen LogP contribution >= 0.6 is 0 Å². The minimum atomic E-state index is -0.927. The highest BCUT2D eigenvalue weighted by molar-refractivity contribution is 5.65. The smallest absolute Gasteiger partial charge is 0.201 e. The molecule has 1 aliphatic rings. The van der Waals surface area contributed by atoms with Gasteiger partial charge in [-0.2, -0.15) is 4.39 Å². The summed E-state index contributed by atoms with van der Waals surface area (Å²) in [6.45, 7) is 4.26. The van der Waals surface area contributed by atoms with E-state index in [0.29, 0.717) is 24.0 Å². The Hall–Kier alpha value is -2.16. The number of ether oxygens (including phenoxy) is 1. The average Bonchev–Trinajstić information content (AvgIpc) is 2.66. The van der Waals surface area contributed by atoms with Crippen molar-refractivity contribution in [1.29, 1.82) is 0 Å². The molecule has 1 aliphatic carbocycles. The van der Waals surface area contributed by atoms with E-state index < -0.39 is 11.6 Å². The molecule has 3 heteroatoms. The molecule has 3 rings (SSSR count). The molecular formula is C22H24F2O. The molecule has 0 saturated carbocycles. The second kappa shape index (κ2) is 7.81. The first-order valence-electron chi connectivity index (χ1n) is 9.03. The highest BCUT2D eigenvalue weighted by Gasteiger charge is 2.18. The molecule has 2 atom stereocenters. The minimum Gasteiger partial charge on any atom is -0.491 e. The van der Waals surface area contributed by atoms with Gasteiger partial charge in [-0.05, 0) is 55.4 Å². The third-order valence-electron chi connectivity index (χ3n) is 4.98. The third kappa shape index (κ3) is 3.76. The van der Waals surface area contributed by atoms with Crippen LogP contribution in [-0.4, -0.2) is 6.61 Å². The number of benzene rings is 2. The summed E-state index contributed by atoms with van der Waals surface area (Å²) in [7, 11) is 0. The lowest BCUT2D eigenvalue weighted by atomic mass is 9.83. The van der Waals surface area contributed by atoms with Gasteiger partial charge in [0.15, 0.2) is 11.6 Å². The van der Waals surface area contributed by atoms with Crippen molar-refractivity contribution >= 4 is 0 Å². The van der Waals surface area contributed by atoms with Gasteiger partial charge >= 0.3 is 0 Å². The number of halogens is 2. The van der Waals surface area contributed by atoms with Crippen molar-refractivity contribution in [3.63, 3.8) is 0 Å². The molecule has 0 spiro atoms. The van der Waals surface area contributed by atoms with Crippen molar-refractivity contribution in [2.24, 2.45) is 5.92 Å². The Kier molecular flexibility index (Phi) is 5.52. The molecule has 0 aromatic heterocycles. The Morgan fingerprint density at radius 1 is 0.920 bits per heavy atom. The Morgan fingerprint density at radius 3 is 2.28 bits per heavy atom. The molecule has 25 heavy (non-hydrogen) atoms. The van der Waals surface area contributed by atoms with Crippen molar-refractivity contribution in [3.8, 4) is 16.9 Å². The van der Waals surface area contributed by atoms with Crippen LogP contribution in [0.4, 0.5) is 8.78 Å². The topological polar surface area (TPSA) is 9.23 Å². The lowest BCUT2D eigenvalue weighted by molar-refractivity contribution is 0.314. The molecule has 2 aromatic rings. The van der Waals surface area contributed by atoms with E-state index in [1.165, 1.54) is 24.5 Å². The van der Waals surface area contributed by atoms with E-state index in [9.17, 15) is 8.78 Å². The normalized spacial score (nSPS) is 19.8. The van der Waals surface area contributed by atoms with Gasteiger partial charge in [-0.1, -0.05) is 43.3 Å². The zero-order valence-electron chi connectivity index (χ0n) is 14.8. The Bertz CT molecular complexity index is 749. The lowest BCUT2D eigenvalue weighted by Crippen LogP contribution is -2.06. The SMILES string of the molecule is CCOc1ccc(-c2ccc(C3C=CC(CC)CC3)cc2)c(F)c1F. The second-order valence-electron chi connectivity index (χ2n) is 6.53. The molecule has 0 N–H and O–H groups in total. The molecule has 2 unspecified atom stereocenters. The molecule has 132 valence electrons. The van der Waals surface area contributed by atoms with Crippen molar-refractivity contribution in [2.75, 3.05) is 6.61 Å². The molecule has 0 aliphatic heterocycles. The summed E-state index contributed by atoms with van der Waals surface area (Å²) in [6.07, 6.45) is 8.12. The molecule has 2 aromatic carbocycles. The van der Waals surface area contributed by atoms with E-state index in [1.807, 2.05) is 24.3 Å². The van der Waals surface area contributed by atoms with Gasteiger partial charge in [0, 0.05) is 11.5 Å². The van der Waals surface area contributed by atoms with Crippen LogP contribution in [0.5, 0.6) is 5.75 Å². The minimum absolute atomic E-state index is 0.0433. The first-order valence-corrected chi connectivity index (χ1v) is 9.03. The highest BCUT2D eigenvalue weighted by atomic mass is 19.2. The van der Waals surface area contributed by atoms with E-state index in [4.69, 9.17) is 4.74 Å². The maximum Gasteiger partial charge on any atom is 0.201 e. The van der Waals surface area contributed by atoms with Crippen LogP contribution in [0.1, 0.15) is 44.6 Å². The van der Waals surface area contributed by atoms with Crippen LogP contribution in [0, 0.1) is 17.6 Å². The van der Waals surface area contributed by atoms with Gasteiger partial charge in [-0.15, -0.1) is 0 Å². The predicted molar refractivity (Wildman–Crippen MR) is 97.9 cm³/mol. The molecular weight excluding hydrogens is 318 g/mol. The number of hydrogen-bond acceptors (Lipinski definition) is 1. The first-order chi connectivity index (χ1) is 12.1. The molecule has 0 amide bonds. The van der Waals surface area contributed by atoms with Crippen LogP contribution in [-0.2, 0) is 0 Å². The van der Waals surface area contributed by atoms with Crippen molar-refractivity contribution < 1.29 is 13.5 Å². The van der Waals surface area contributed by atoms with Gasteiger partial charge < -0.3 is 4.74 Å². The fourth-order valence-electron chi connectivity index (χ4n) is 3.43. The summed E-state index contributed by atoms with van der Waals surface area (Å²) in [5, 5.41) is 0. The maximum absolute atomic E-state index is 14.3. The standard InChI is InChI=1S/C22H24F2O/c1-3-15-5-7-16(8-6-15)17-9-11-18(12-10-17)19-13-14-20(25-4-2)22(24)21(19)23/h5,7,9-16H,3-4,6,8H2,1-2H3. The van der Waals surface area contributed by atoms with Crippen LogP contribution in [0.3, 0.4) is 0 Å². The van der Waals surface area contributed by atoms with E-state index >= 15 is 0 Å². The summed E-state index contributed by atoms with van der Waals surface area (Å²) in [5.41, 5.74) is 2.16. The summed E-state index contributed by atoms with van der Waals surface area (Å²) in [6, 6.07) is 10.8. The molecule has 0 heterocycles. The number of hydrogen-bond donors (Lipinski definition) is 0. The van der Waals surface area contributed by atoms with Crippen molar-refractivity contribution in [2.45, 2.75) is 39.0 Å². The van der Waals surface area contributed by atoms with Crippen molar-refractivity contribution in [3.05, 3.63) is 65.7 Å². The summed E-state index contributed by atoms with van der Waals surface area (Å²) in [4.78, 5) is 0. The summed E-state index contributed by atoms with van der Waals surface area (Å²) < 4.78 is 33.5. The Balaban J connectivity index is 1.82. The zero-order valence-corrected chi connectivity index (χ0v) is 14.8. The largest absolute Gasteiger partial charge is 0.491 e. The Morgan fingerprint density at radius 2 is 1.68 bits per heavy atom. The molecule has 0 bridgehead atoms. The van der Waals surface area contributed by atoms with Crippen molar-refractivity contribution in [1.82, 2.24) is 0 Å². The van der Waals surface area contributed by atoms with Crippen LogP contribution in [0.2, 0.25) is 0 Å². The fraction of sp³-hybridized carbons (Fsp3) is 0.364. The molecule has 1 nitrogen and oxygen atoms in total. The number of allylic oxidation sites excluding steroid dienone is 2. The van der Waals surface area contributed by atoms with Crippen LogP contribution < -0.4 is 4.74 Å². The molecule has 0 fully saturated rings. The van der Waals surface area contributed by atoms with E-state index in [1.54, 1.807) is 13.0 Å². The lowest BCUT2D eigenvalue weighted by Gasteiger charge is -2.22. The van der Waals surface area contributed by atoms with Crippen LogP contribution in [0.25, 0.3) is 11.1 Å². The Labute approximate surface area is 148 Å². The van der Waals surface area contributed by atoms with E-state index in [2.05, 4.69) is 19.1 Å². The first kappa shape index (κ1) is 17.7. The van der Waals surface area contributed by atoms with E-state index in [-0.39, 0.29) is 11.3 Å². The third-order valence-corrected chi connectivity index (χ3v) is 4.98. The average molecular weight is 342 g/mol. The van der Waals surface area contributed by atoms with E-state index in [0.717, 1.165) is 6.42 Å². The zero-order chi connectivity index (χ0) is 17.8. The van der Waals surface area contributed by atoms with Gasteiger partial charge in [0.25, 0.3) is 0 Å². The van der Waals surface area contributed by atoms with Gasteiger partial charge in [-0.25, -0.2) is 4.39 Å². The second-order valence-corrected chi connectivity index (χ2v) is 6.53. The van der Waals surface area contributed by atoms with Gasteiger partial charge in [0.2, 0.25) is 5.82 Å². The highest BCUT2D eigenvalue weighted by Crippen LogP contribution is 2.34. The number of rotatable bonds is 5. The van der Waals surface area contributed by atoms with Gasteiger partial charge in [-0.3, -0.25) is 0 Å². The fourth-order valence-corrected chi connectivity index (χ4v) is 3.43. The summed E-state index contributed by atoms with van der Waals surface area (Å²) in [5.74, 6) is -0.722. The maximum atomic E-state index is 14.3. The molecule has 0 saturated heterocycles. The van der Waals surface area contributed by atoms with Crippen LogP contribution in [0.15, 0.2) is 48.6 Å². The molecule has 0 radical (unpaired) electrons. The van der Waals surface area contributed by atoms with Gasteiger partial charge in [0.05, 0.1) is 6.61 Å². The predicted octanol–water partition coefficient (Wildman–Crippen LogP) is 6.49.